The molecule has 9 heteroatoms. The van der Waals surface area contributed by atoms with Gasteiger partial charge in [0.1, 0.15) is 17.0 Å². The van der Waals surface area contributed by atoms with Crippen molar-refractivity contribution in [2.24, 2.45) is 0 Å². The van der Waals surface area contributed by atoms with Gasteiger partial charge < -0.3 is 9.80 Å². The highest BCUT2D eigenvalue weighted by atomic mass is 32.1. The van der Waals surface area contributed by atoms with Crippen molar-refractivity contribution in [2.45, 2.75) is 13.1 Å². The monoisotopic (exact) mass is 403 g/mol. The van der Waals surface area contributed by atoms with Gasteiger partial charge in [-0.05, 0) is 31.2 Å². The maximum Gasteiger partial charge on any atom is 0.418 e. The van der Waals surface area contributed by atoms with Gasteiger partial charge in [-0.1, -0.05) is 0 Å². The summed E-state index contributed by atoms with van der Waals surface area (Å²) in [6, 6.07) is 7.56. The van der Waals surface area contributed by atoms with Gasteiger partial charge >= 0.3 is 6.18 Å². The van der Waals surface area contributed by atoms with Crippen LogP contribution in [0.15, 0.2) is 30.6 Å². The van der Waals surface area contributed by atoms with E-state index in [-0.39, 0.29) is 11.3 Å². The Kier molecular flexibility index (Phi) is 4.59. The molecule has 0 radical (unpaired) electrons. The molecule has 1 aliphatic rings. The topological polar surface area (TPSA) is 56.0 Å². The maximum atomic E-state index is 13.5. The predicted octanol–water partition coefficient (Wildman–Crippen LogP) is 4.22. The first-order valence-electron chi connectivity index (χ1n) is 8.69. The predicted molar refractivity (Wildman–Crippen MR) is 103 cm³/mol. The van der Waals surface area contributed by atoms with Crippen LogP contribution in [0.3, 0.4) is 0 Å². The normalized spacial score (nSPS) is 15.1. The van der Waals surface area contributed by atoms with Gasteiger partial charge in [0.15, 0.2) is 0 Å². The van der Waals surface area contributed by atoms with Crippen molar-refractivity contribution in [1.82, 2.24) is 9.97 Å². The van der Waals surface area contributed by atoms with Gasteiger partial charge in [0.05, 0.1) is 22.6 Å². The fourth-order valence-electron chi connectivity index (χ4n) is 3.48. The van der Waals surface area contributed by atoms with Crippen LogP contribution in [0, 0.1) is 18.3 Å². The number of piperazine rings is 1. The average Bonchev–Trinajstić information content (AvgIpc) is 3.07. The Bertz CT molecular complexity index is 1060. The third kappa shape index (κ3) is 3.36. The zero-order chi connectivity index (χ0) is 19.9. The Labute approximate surface area is 163 Å². The third-order valence-corrected chi connectivity index (χ3v) is 5.74. The quantitative estimate of drug-likeness (QED) is 0.641. The van der Waals surface area contributed by atoms with Crippen molar-refractivity contribution >= 4 is 33.1 Å². The number of rotatable bonds is 2. The van der Waals surface area contributed by atoms with Gasteiger partial charge in [-0.15, -0.1) is 11.3 Å². The lowest BCUT2D eigenvalue weighted by Gasteiger charge is -2.37. The zero-order valence-electron chi connectivity index (χ0n) is 15.0. The summed E-state index contributed by atoms with van der Waals surface area (Å²) in [4.78, 5) is 14.6. The highest BCUT2D eigenvalue weighted by Crippen LogP contribution is 2.38. The SMILES string of the molecule is Cc1cc2c(N3CCN(c4ccc(C#N)cc4C(F)(F)F)CC3)ncnc2s1. The molecule has 0 atom stereocenters. The smallest absolute Gasteiger partial charge is 0.367 e. The summed E-state index contributed by atoms with van der Waals surface area (Å²) < 4.78 is 40.4. The van der Waals surface area contributed by atoms with E-state index in [1.807, 2.05) is 13.0 Å². The Morgan fingerprint density at radius 2 is 1.79 bits per heavy atom. The van der Waals surface area contributed by atoms with Gasteiger partial charge in [-0.2, -0.15) is 18.4 Å². The molecule has 1 aromatic carbocycles. The number of anilines is 2. The Morgan fingerprint density at radius 3 is 2.46 bits per heavy atom. The van der Waals surface area contributed by atoms with Crippen LogP contribution in [0.5, 0.6) is 0 Å². The molecule has 0 aliphatic carbocycles. The Hall–Kier alpha value is -2.86. The van der Waals surface area contributed by atoms with Crippen molar-refractivity contribution in [3.8, 4) is 6.07 Å². The third-order valence-electron chi connectivity index (χ3n) is 4.78. The number of alkyl halides is 3. The summed E-state index contributed by atoms with van der Waals surface area (Å²) >= 11 is 1.60. The van der Waals surface area contributed by atoms with Crippen LogP contribution in [-0.4, -0.2) is 36.1 Å². The molecule has 0 amide bonds. The van der Waals surface area contributed by atoms with Crippen LogP contribution < -0.4 is 9.80 Å². The van der Waals surface area contributed by atoms with Gasteiger partial charge in [0.2, 0.25) is 0 Å². The first-order chi connectivity index (χ1) is 13.4. The molecule has 1 aliphatic heterocycles. The van der Waals surface area contributed by atoms with E-state index < -0.39 is 11.7 Å². The number of fused-ring (bicyclic) bond motifs is 1. The molecule has 2 aromatic heterocycles. The van der Waals surface area contributed by atoms with E-state index in [4.69, 9.17) is 5.26 Å². The minimum Gasteiger partial charge on any atom is -0.367 e. The number of aromatic nitrogens is 2. The van der Waals surface area contributed by atoms with Gasteiger partial charge in [0.25, 0.3) is 0 Å². The second-order valence-electron chi connectivity index (χ2n) is 6.59. The molecule has 0 bridgehead atoms. The largest absolute Gasteiger partial charge is 0.418 e. The molecule has 3 aromatic rings. The lowest BCUT2D eigenvalue weighted by atomic mass is 10.1. The molecular weight excluding hydrogens is 387 g/mol. The number of aryl methyl sites for hydroxylation is 1. The number of nitrogens with zero attached hydrogens (tertiary/aromatic N) is 5. The number of thiophene rings is 1. The lowest BCUT2D eigenvalue weighted by Crippen LogP contribution is -2.47. The van der Waals surface area contributed by atoms with E-state index in [1.165, 1.54) is 18.5 Å². The average molecular weight is 403 g/mol. The number of halogens is 3. The van der Waals surface area contributed by atoms with E-state index in [9.17, 15) is 13.2 Å². The summed E-state index contributed by atoms with van der Waals surface area (Å²) in [5.41, 5.74) is -0.644. The van der Waals surface area contributed by atoms with E-state index >= 15 is 0 Å². The maximum absolute atomic E-state index is 13.5. The Morgan fingerprint density at radius 1 is 1.07 bits per heavy atom. The molecule has 0 unspecified atom stereocenters. The van der Waals surface area contributed by atoms with Crippen LogP contribution in [0.25, 0.3) is 10.2 Å². The Balaban J connectivity index is 1.59. The molecule has 1 saturated heterocycles. The van der Waals surface area contributed by atoms with Crippen LogP contribution in [0.2, 0.25) is 0 Å². The second-order valence-corrected chi connectivity index (χ2v) is 7.82. The van der Waals surface area contributed by atoms with Gasteiger partial charge in [-0.25, -0.2) is 9.97 Å². The molecule has 28 heavy (non-hydrogen) atoms. The minimum atomic E-state index is -4.51. The van der Waals surface area contributed by atoms with Crippen LogP contribution >= 0.6 is 11.3 Å². The standard InChI is InChI=1S/C19H16F3N5S/c1-12-8-14-17(24-11-25-18(14)28-12)27-6-4-26(5-7-27)16-3-2-13(10-23)9-15(16)19(20,21)22/h2-3,8-9,11H,4-7H2,1H3. The van der Waals surface area contributed by atoms with Crippen LogP contribution in [0.1, 0.15) is 16.0 Å². The molecule has 3 heterocycles. The summed E-state index contributed by atoms with van der Waals surface area (Å²) in [7, 11) is 0. The summed E-state index contributed by atoms with van der Waals surface area (Å²) in [6.07, 6.45) is -2.98. The highest BCUT2D eigenvalue weighted by Gasteiger charge is 2.36. The fraction of sp³-hybridized carbons (Fsp3) is 0.316. The van der Waals surface area contributed by atoms with Crippen LogP contribution in [-0.2, 0) is 6.18 Å². The lowest BCUT2D eigenvalue weighted by molar-refractivity contribution is -0.137. The van der Waals surface area contributed by atoms with Crippen molar-refractivity contribution in [1.29, 1.82) is 5.26 Å². The molecule has 0 saturated carbocycles. The number of hydrogen-bond acceptors (Lipinski definition) is 6. The van der Waals surface area contributed by atoms with E-state index in [0.717, 1.165) is 27.0 Å². The molecule has 0 spiro atoms. The molecule has 144 valence electrons. The first-order valence-corrected chi connectivity index (χ1v) is 9.51. The van der Waals surface area contributed by atoms with Crippen molar-refractivity contribution in [3.63, 3.8) is 0 Å². The van der Waals surface area contributed by atoms with Gasteiger partial charge in [0, 0.05) is 36.7 Å². The van der Waals surface area contributed by atoms with Gasteiger partial charge in [-0.3, -0.25) is 0 Å². The molecule has 5 nitrogen and oxygen atoms in total. The summed E-state index contributed by atoms with van der Waals surface area (Å²) in [5, 5.41) is 9.91. The molecule has 0 N–H and O–H groups in total. The fourth-order valence-corrected chi connectivity index (χ4v) is 4.32. The second kappa shape index (κ2) is 6.95. The first kappa shape index (κ1) is 18.5. The highest BCUT2D eigenvalue weighted by molar-refractivity contribution is 7.18. The number of benzene rings is 1. The van der Waals surface area contributed by atoms with E-state index in [1.54, 1.807) is 22.3 Å². The summed E-state index contributed by atoms with van der Waals surface area (Å²) in [5.74, 6) is 0.824. The van der Waals surface area contributed by atoms with Crippen LogP contribution in [0.4, 0.5) is 24.7 Å². The van der Waals surface area contributed by atoms with E-state index in [0.29, 0.717) is 26.2 Å². The van der Waals surface area contributed by atoms with Crippen molar-refractivity contribution < 1.29 is 13.2 Å². The van der Waals surface area contributed by atoms with E-state index in [2.05, 4.69) is 14.9 Å². The van der Waals surface area contributed by atoms with Crippen molar-refractivity contribution in [3.05, 3.63) is 46.6 Å². The molecule has 4 rings (SSSR count). The number of nitriles is 1. The zero-order valence-corrected chi connectivity index (χ0v) is 15.8. The van der Waals surface area contributed by atoms with Crippen molar-refractivity contribution in [2.75, 3.05) is 36.0 Å². The number of hydrogen-bond donors (Lipinski definition) is 0. The minimum absolute atomic E-state index is 0.00548. The summed E-state index contributed by atoms with van der Waals surface area (Å²) in [6.45, 7) is 3.99. The molecule has 1 fully saturated rings. The molecular formula is C19H16F3N5S.